The summed E-state index contributed by atoms with van der Waals surface area (Å²) in [6, 6.07) is 19.0. The van der Waals surface area contributed by atoms with E-state index in [0.29, 0.717) is 6.61 Å². The highest BCUT2D eigenvalue weighted by atomic mass is 16.6. The van der Waals surface area contributed by atoms with E-state index in [1.165, 1.54) is 16.7 Å². The summed E-state index contributed by atoms with van der Waals surface area (Å²) >= 11 is 0. The summed E-state index contributed by atoms with van der Waals surface area (Å²) in [5.41, 5.74) is 7.10. The molecule has 0 saturated carbocycles. The van der Waals surface area contributed by atoms with Crippen molar-refractivity contribution in [3.05, 3.63) is 71.3 Å². The standard InChI is InChI=1S/C17H20N2O/c1-2-6-14(7-3-1)13-20-19-17-10-11-18-12-15-8-4-5-9-16(15)17/h1-9,17-19H,10-13H2. The zero-order valence-electron chi connectivity index (χ0n) is 11.5. The van der Waals surface area contributed by atoms with E-state index in [1.54, 1.807) is 0 Å². The highest BCUT2D eigenvalue weighted by Gasteiger charge is 2.17. The van der Waals surface area contributed by atoms with E-state index >= 15 is 0 Å². The van der Waals surface area contributed by atoms with Crippen molar-refractivity contribution < 1.29 is 4.84 Å². The fraction of sp³-hybridized carbons (Fsp3) is 0.294. The number of hydrogen-bond acceptors (Lipinski definition) is 3. The van der Waals surface area contributed by atoms with Gasteiger partial charge in [0.1, 0.15) is 0 Å². The maximum absolute atomic E-state index is 5.69. The van der Waals surface area contributed by atoms with Crippen LogP contribution in [0, 0.1) is 0 Å². The maximum atomic E-state index is 5.69. The third-order valence-electron chi connectivity index (χ3n) is 3.66. The van der Waals surface area contributed by atoms with Gasteiger partial charge in [-0.2, -0.15) is 5.48 Å². The summed E-state index contributed by atoms with van der Waals surface area (Å²) in [5.74, 6) is 0. The van der Waals surface area contributed by atoms with Gasteiger partial charge in [0.05, 0.1) is 12.6 Å². The lowest BCUT2D eigenvalue weighted by Gasteiger charge is -2.18. The highest BCUT2D eigenvalue weighted by Crippen LogP contribution is 2.23. The van der Waals surface area contributed by atoms with Gasteiger partial charge >= 0.3 is 0 Å². The van der Waals surface area contributed by atoms with Crippen LogP contribution in [0.3, 0.4) is 0 Å². The molecule has 104 valence electrons. The minimum absolute atomic E-state index is 0.255. The lowest BCUT2D eigenvalue weighted by Crippen LogP contribution is -2.23. The molecule has 0 amide bonds. The molecule has 1 heterocycles. The summed E-state index contributed by atoms with van der Waals surface area (Å²) in [6.45, 7) is 2.53. The first-order valence-electron chi connectivity index (χ1n) is 7.13. The average molecular weight is 268 g/mol. The molecule has 1 aliphatic rings. The Hall–Kier alpha value is -1.68. The monoisotopic (exact) mass is 268 g/mol. The molecule has 0 saturated heterocycles. The van der Waals surface area contributed by atoms with Crippen LogP contribution < -0.4 is 10.8 Å². The predicted molar refractivity (Wildman–Crippen MR) is 79.9 cm³/mol. The van der Waals surface area contributed by atoms with E-state index in [1.807, 2.05) is 18.2 Å². The molecule has 2 aromatic rings. The topological polar surface area (TPSA) is 33.3 Å². The number of hydrogen-bond donors (Lipinski definition) is 2. The fourth-order valence-corrected chi connectivity index (χ4v) is 2.58. The van der Waals surface area contributed by atoms with Gasteiger partial charge in [0, 0.05) is 6.54 Å². The van der Waals surface area contributed by atoms with E-state index in [-0.39, 0.29) is 6.04 Å². The molecule has 0 bridgehead atoms. The lowest BCUT2D eigenvalue weighted by atomic mass is 10.0. The number of nitrogens with one attached hydrogen (secondary N) is 2. The first-order valence-corrected chi connectivity index (χ1v) is 7.13. The molecular formula is C17H20N2O. The number of fused-ring (bicyclic) bond motifs is 1. The van der Waals surface area contributed by atoms with Crippen LogP contribution in [0.1, 0.15) is 29.2 Å². The first kappa shape index (κ1) is 13.3. The Morgan fingerprint density at radius 1 is 1.05 bits per heavy atom. The molecule has 0 aliphatic carbocycles. The average Bonchev–Trinajstić information content (AvgIpc) is 2.71. The molecule has 20 heavy (non-hydrogen) atoms. The van der Waals surface area contributed by atoms with E-state index in [9.17, 15) is 0 Å². The SMILES string of the molecule is c1ccc(CONC2CCNCc3ccccc32)cc1. The van der Waals surface area contributed by atoms with Gasteiger partial charge in [0.15, 0.2) is 0 Å². The minimum Gasteiger partial charge on any atom is -0.313 e. The highest BCUT2D eigenvalue weighted by molar-refractivity contribution is 5.30. The second-order valence-electron chi connectivity index (χ2n) is 5.11. The van der Waals surface area contributed by atoms with Crippen LogP contribution in [-0.2, 0) is 18.0 Å². The van der Waals surface area contributed by atoms with Crippen LogP contribution >= 0.6 is 0 Å². The quantitative estimate of drug-likeness (QED) is 0.836. The third kappa shape index (κ3) is 3.25. The van der Waals surface area contributed by atoms with Gasteiger partial charge in [0.25, 0.3) is 0 Å². The molecule has 1 atom stereocenters. The van der Waals surface area contributed by atoms with E-state index in [0.717, 1.165) is 19.5 Å². The molecule has 0 aromatic heterocycles. The van der Waals surface area contributed by atoms with Gasteiger partial charge in [-0.1, -0.05) is 54.6 Å². The van der Waals surface area contributed by atoms with Crippen molar-refractivity contribution in [2.24, 2.45) is 0 Å². The lowest BCUT2D eigenvalue weighted by molar-refractivity contribution is 0.00152. The van der Waals surface area contributed by atoms with Crippen LogP contribution in [0.25, 0.3) is 0 Å². The van der Waals surface area contributed by atoms with Crippen molar-refractivity contribution in [2.45, 2.75) is 25.6 Å². The van der Waals surface area contributed by atoms with Crippen molar-refractivity contribution in [3.63, 3.8) is 0 Å². The largest absolute Gasteiger partial charge is 0.313 e. The van der Waals surface area contributed by atoms with Gasteiger partial charge in [-0.15, -0.1) is 0 Å². The van der Waals surface area contributed by atoms with Crippen LogP contribution in [0.5, 0.6) is 0 Å². The van der Waals surface area contributed by atoms with Crippen molar-refractivity contribution in [1.29, 1.82) is 0 Å². The smallest absolute Gasteiger partial charge is 0.0933 e. The normalized spacial score (nSPS) is 18.3. The van der Waals surface area contributed by atoms with Crippen LogP contribution in [0.4, 0.5) is 0 Å². The van der Waals surface area contributed by atoms with E-state index in [2.05, 4.69) is 47.2 Å². The van der Waals surface area contributed by atoms with Crippen LogP contribution in [0.15, 0.2) is 54.6 Å². The number of hydroxylamine groups is 1. The second-order valence-corrected chi connectivity index (χ2v) is 5.11. The van der Waals surface area contributed by atoms with Crippen molar-refractivity contribution in [1.82, 2.24) is 10.8 Å². The molecule has 1 unspecified atom stereocenters. The maximum Gasteiger partial charge on any atom is 0.0933 e. The Labute approximate surface area is 119 Å². The molecule has 2 aromatic carbocycles. The summed E-state index contributed by atoms with van der Waals surface area (Å²) in [5, 5.41) is 3.45. The Morgan fingerprint density at radius 3 is 2.75 bits per heavy atom. The molecule has 0 spiro atoms. The molecule has 3 nitrogen and oxygen atoms in total. The summed E-state index contributed by atoms with van der Waals surface area (Å²) in [4.78, 5) is 5.69. The molecule has 1 aliphatic heterocycles. The Bertz CT molecular complexity index is 542. The predicted octanol–water partition coefficient (Wildman–Crippen LogP) is 2.94. The summed E-state index contributed by atoms with van der Waals surface area (Å²) in [7, 11) is 0. The third-order valence-corrected chi connectivity index (χ3v) is 3.66. The van der Waals surface area contributed by atoms with E-state index in [4.69, 9.17) is 4.84 Å². The van der Waals surface area contributed by atoms with Crippen molar-refractivity contribution in [3.8, 4) is 0 Å². The zero-order chi connectivity index (χ0) is 13.6. The van der Waals surface area contributed by atoms with Crippen LogP contribution in [-0.4, -0.2) is 6.54 Å². The molecule has 3 heteroatoms. The summed E-state index contributed by atoms with van der Waals surface area (Å²) in [6.07, 6.45) is 1.03. The Kier molecular flexibility index (Phi) is 4.43. The van der Waals surface area contributed by atoms with Crippen molar-refractivity contribution in [2.75, 3.05) is 6.54 Å². The second kappa shape index (κ2) is 6.66. The molecule has 0 radical (unpaired) electrons. The van der Waals surface area contributed by atoms with Gasteiger partial charge < -0.3 is 5.32 Å². The van der Waals surface area contributed by atoms with Gasteiger partial charge in [-0.05, 0) is 29.7 Å². The number of benzene rings is 2. The number of rotatable bonds is 4. The van der Waals surface area contributed by atoms with Gasteiger partial charge in [-0.3, -0.25) is 4.84 Å². The molecule has 3 rings (SSSR count). The molecule has 2 N–H and O–H groups in total. The fourth-order valence-electron chi connectivity index (χ4n) is 2.58. The van der Waals surface area contributed by atoms with Crippen LogP contribution in [0.2, 0.25) is 0 Å². The van der Waals surface area contributed by atoms with Gasteiger partial charge in [0.2, 0.25) is 0 Å². The van der Waals surface area contributed by atoms with E-state index < -0.39 is 0 Å². The van der Waals surface area contributed by atoms with Crippen molar-refractivity contribution >= 4 is 0 Å². The minimum atomic E-state index is 0.255. The Morgan fingerprint density at radius 2 is 1.85 bits per heavy atom. The zero-order valence-corrected chi connectivity index (χ0v) is 11.5. The first-order chi connectivity index (χ1) is 9.93. The molecule has 0 fully saturated rings. The molecular weight excluding hydrogens is 248 g/mol. The summed E-state index contributed by atoms with van der Waals surface area (Å²) < 4.78 is 0. The Balaban J connectivity index is 1.62. The van der Waals surface area contributed by atoms with Gasteiger partial charge in [-0.25, -0.2) is 0 Å².